The average Bonchev–Trinajstić information content (AvgIpc) is 3.31. The average molecular weight is 497 g/mol. The standard InChI is InChI=1S/C24H24N4O6S/c25-15-19(24-26-20-3-1-2-4-21(20)27-24)22(29)16-34-23(30)10-7-17-5-8-18(9-6-17)35(31,32)28-11-13-33-14-12-28/h1-6,8-9,29H,7,10-14,16H2,(H,26,27)/b22-19-. The molecular weight excluding hydrogens is 472 g/mol. The van der Waals surface area contributed by atoms with Crippen LogP contribution in [0.2, 0.25) is 0 Å². The number of sulfonamides is 1. The van der Waals surface area contributed by atoms with Crippen LogP contribution in [0.4, 0.5) is 0 Å². The Balaban J connectivity index is 1.32. The minimum atomic E-state index is -3.58. The number of carbonyl (C=O) groups is 1. The van der Waals surface area contributed by atoms with E-state index in [0.29, 0.717) is 43.8 Å². The molecule has 0 radical (unpaired) electrons. The van der Waals surface area contributed by atoms with E-state index in [1.54, 1.807) is 30.3 Å². The van der Waals surface area contributed by atoms with Crippen LogP contribution in [0.15, 0.2) is 59.2 Å². The van der Waals surface area contributed by atoms with E-state index in [0.717, 1.165) is 5.56 Å². The number of morpholine rings is 1. The second-order valence-corrected chi connectivity index (χ2v) is 9.80. The Bertz CT molecular complexity index is 1350. The molecule has 0 bridgehead atoms. The van der Waals surface area contributed by atoms with Crippen molar-refractivity contribution in [3.05, 3.63) is 65.7 Å². The Kier molecular flexibility index (Phi) is 7.45. The van der Waals surface area contributed by atoms with Gasteiger partial charge in [-0.3, -0.25) is 4.79 Å². The molecule has 182 valence electrons. The van der Waals surface area contributed by atoms with Gasteiger partial charge in [-0.25, -0.2) is 13.4 Å². The van der Waals surface area contributed by atoms with E-state index >= 15 is 0 Å². The van der Waals surface area contributed by atoms with Crippen LogP contribution in [0.5, 0.6) is 0 Å². The molecule has 35 heavy (non-hydrogen) atoms. The van der Waals surface area contributed by atoms with Crippen molar-refractivity contribution < 1.29 is 27.8 Å². The van der Waals surface area contributed by atoms with E-state index < -0.39 is 28.4 Å². The van der Waals surface area contributed by atoms with Crippen molar-refractivity contribution in [3.63, 3.8) is 0 Å². The first kappa shape index (κ1) is 24.4. The van der Waals surface area contributed by atoms with Crippen molar-refractivity contribution >= 4 is 32.6 Å². The van der Waals surface area contributed by atoms with Gasteiger partial charge in [-0.05, 0) is 36.2 Å². The predicted octanol–water partition coefficient (Wildman–Crippen LogP) is 2.55. The molecule has 10 nitrogen and oxygen atoms in total. The van der Waals surface area contributed by atoms with Gasteiger partial charge in [-0.1, -0.05) is 24.3 Å². The van der Waals surface area contributed by atoms with Gasteiger partial charge < -0.3 is 19.6 Å². The van der Waals surface area contributed by atoms with E-state index in [4.69, 9.17) is 9.47 Å². The molecule has 1 aliphatic heterocycles. The van der Waals surface area contributed by atoms with Crippen LogP contribution in [-0.4, -0.2) is 66.7 Å². The molecule has 1 aromatic heterocycles. The minimum absolute atomic E-state index is 0.0232. The molecule has 0 unspecified atom stereocenters. The van der Waals surface area contributed by atoms with Crippen molar-refractivity contribution in [1.29, 1.82) is 5.26 Å². The number of nitriles is 1. The number of fused-ring (bicyclic) bond motifs is 1. The van der Waals surface area contributed by atoms with E-state index in [1.165, 1.54) is 16.4 Å². The zero-order valence-electron chi connectivity index (χ0n) is 18.8. The summed E-state index contributed by atoms with van der Waals surface area (Å²) in [7, 11) is -3.58. The molecule has 2 heterocycles. The van der Waals surface area contributed by atoms with Gasteiger partial charge in [0.05, 0.1) is 29.1 Å². The Labute approximate surface area is 202 Å². The quantitative estimate of drug-likeness (QED) is 0.275. The molecule has 0 spiro atoms. The highest BCUT2D eigenvalue weighted by molar-refractivity contribution is 7.89. The number of aryl methyl sites for hydroxylation is 1. The highest BCUT2D eigenvalue weighted by atomic mass is 32.2. The number of aliphatic hydroxyl groups is 1. The fourth-order valence-corrected chi connectivity index (χ4v) is 5.04. The van der Waals surface area contributed by atoms with Crippen molar-refractivity contribution in [2.75, 3.05) is 32.9 Å². The van der Waals surface area contributed by atoms with E-state index in [9.17, 15) is 23.6 Å². The number of nitrogens with one attached hydrogen (secondary N) is 1. The molecule has 0 aliphatic carbocycles. The Morgan fingerprint density at radius 2 is 1.89 bits per heavy atom. The number of H-pyrrole nitrogens is 1. The Morgan fingerprint density at radius 3 is 2.57 bits per heavy atom. The smallest absolute Gasteiger partial charge is 0.306 e. The molecule has 4 rings (SSSR count). The zero-order chi connectivity index (χ0) is 24.8. The number of ether oxygens (including phenoxy) is 2. The number of carbonyl (C=O) groups excluding carboxylic acids is 1. The lowest BCUT2D eigenvalue weighted by Crippen LogP contribution is -2.40. The van der Waals surface area contributed by atoms with Gasteiger partial charge in [0.25, 0.3) is 0 Å². The largest absolute Gasteiger partial charge is 0.507 e. The lowest BCUT2D eigenvalue weighted by molar-refractivity contribution is -0.143. The first-order valence-corrected chi connectivity index (χ1v) is 12.4. The van der Waals surface area contributed by atoms with Crippen molar-refractivity contribution in [1.82, 2.24) is 14.3 Å². The monoisotopic (exact) mass is 496 g/mol. The van der Waals surface area contributed by atoms with Gasteiger partial charge in [-0.15, -0.1) is 0 Å². The van der Waals surface area contributed by atoms with Gasteiger partial charge >= 0.3 is 5.97 Å². The number of hydrogen-bond donors (Lipinski definition) is 2. The number of rotatable bonds is 8. The Hall–Kier alpha value is -3.72. The summed E-state index contributed by atoms with van der Waals surface area (Å²) in [6.45, 7) is 0.925. The second-order valence-electron chi connectivity index (χ2n) is 7.86. The molecular formula is C24H24N4O6S. The van der Waals surface area contributed by atoms with Crippen molar-refractivity contribution in [2.24, 2.45) is 0 Å². The lowest BCUT2D eigenvalue weighted by Gasteiger charge is -2.26. The molecule has 1 fully saturated rings. The van der Waals surface area contributed by atoms with Crippen LogP contribution < -0.4 is 0 Å². The summed E-state index contributed by atoms with van der Waals surface area (Å²) in [5.41, 5.74) is 2.02. The SMILES string of the molecule is N#C/C(=C(/O)COC(=O)CCc1ccc(S(=O)(=O)N2CCOCC2)cc1)c1nc2ccccc2[nH]1. The molecule has 0 amide bonds. The molecule has 1 saturated heterocycles. The summed E-state index contributed by atoms with van der Waals surface area (Å²) in [5, 5.41) is 19.7. The fourth-order valence-electron chi connectivity index (χ4n) is 3.63. The number of aromatic nitrogens is 2. The first-order valence-electron chi connectivity index (χ1n) is 11.0. The highest BCUT2D eigenvalue weighted by Gasteiger charge is 2.26. The fraction of sp³-hybridized carbons (Fsp3) is 0.292. The zero-order valence-corrected chi connectivity index (χ0v) is 19.6. The number of benzene rings is 2. The number of aromatic amines is 1. The molecule has 2 aromatic carbocycles. The summed E-state index contributed by atoms with van der Waals surface area (Å²) >= 11 is 0. The molecule has 0 atom stereocenters. The number of esters is 1. The van der Waals surface area contributed by atoms with E-state index in [2.05, 4.69) is 9.97 Å². The number of allylic oxidation sites excluding steroid dienone is 1. The lowest BCUT2D eigenvalue weighted by atomic mass is 10.1. The third kappa shape index (κ3) is 5.68. The number of para-hydroxylation sites is 2. The van der Waals surface area contributed by atoms with Gasteiger partial charge in [0.1, 0.15) is 18.2 Å². The maximum absolute atomic E-state index is 12.7. The maximum Gasteiger partial charge on any atom is 0.306 e. The van der Waals surface area contributed by atoms with Crippen molar-refractivity contribution in [3.8, 4) is 6.07 Å². The normalized spacial score (nSPS) is 15.4. The number of aliphatic hydroxyl groups excluding tert-OH is 1. The topological polar surface area (TPSA) is 146 Å². The van der Waals surface area contributed by atoms with Gasteiger partial charge in [-0.2, -0.15) is 9.57 Å². The van der Waals surface area contributed by atoms with Gasteiger partial charge in [0.15, 0.2) is 11.6 Å². The molecule has 3 aromatic rings. The molecule has 11 heteroatoms. The summed E-state index contributed by atoms with van der Waals surface area (Å²) < 4.78 is 37.1. The van der Waals surface area contributed by atoms with Crippen molar-refractivity contribution in [2.45, 2.75) is 17.7 Å². The number of imidazole rings is 1. The van der Waals surface area contributed by atoms with Crippen LogP contribution in [0, 0.1) is 11.3 Å². The van der Waals surface area contributed by atoms with Gasteiger partial charge in [0.2, 0.25) is 10.0 Å². The first-order chi connectivity index (χ1) is 16.9. The van der Waals surface area contributed by atoms with Crippen LogP contribution in [0.3, 0.4) is 0 Å². The maximum atomic E-state index is 12.7. The summed E-state index contributed by atoms with van der Waals surface area (Å²) in [5.74, 6) is -0.782. The number of hydrogen-bond acceptors (Lipinski definition) is 8. The van der Waals surface area contributed by atoms with Crippen LogP contribution in [0.25, 0.3) is 16.6 Å². The third-order valence-electron chi connectivity index (χ3n) is 5.55. The van der Waals surface area contributed by atoms with E-state index in [1.807, 2.05) is 12.1 Å². The third-order valence-corrected chi connectivity index (χ3v) is 7.46. The molecule has 1 aliphatic rings. The Morgan fingerprint density at radius 1 is 1.17 bits per heavy atom. The highest BCUT2D eigenvalue weighted by Crippen LogP contribution is 2.20. The summed E-state index contributed by atoms with van der Waals surface area (Å²) in [6.07, 6.45) is 0.352. The summed E-state index contributed by atoms with van der Waals surface area (Å²) in [4.78, 5) is 19.6. The van der Waals surface area contributed by atoms with Crippen LogP contribution in [-0.2, 0) is 30.7 Å². The number of nitrogens with zero attached hydrogens (tertiary/aromatic N) is 3. The predicted molar refractivity (Wildman–Crippen MR) is 127 cm³/mol. The molecule has 2 N–H and O–H groups in total. The van der Waals surface area contributed by atoms with E-state index in [-0.39, 0.29) is 22.7 Å². The molecule has 0 saturated carbocycles. The van der Waals surface area contributed by atoms with Crippen LogP contribution >= 0.6 is 0 Å². The minimum Gasteiger partial charge on any atom is -0.507 e. The summed E-state index contributed by atoms with van der Waals surface area (Å²) in [6, 6.07) is 15.4. The van der Waals surface area contributed by atoms with Gasteiger partial charge in [0, 0.05) is 19.5 Å². The second kappa shape index (κ2) is 10.7. The van der Waals surface area contributed by atoms with Crippen LogP contribution in [0.1, 0.15) is 17.8 Å².